The number of carbonyl (C=O) groups is 1. The van der Waals surface area contributed by atoms with Gasteiger partial charge in [0.25, 0.3) is 5.91 Å². The lowest BCUT2D eigenvalue weighted by atomic mass is 9.87. The van der Waals surface area contributed by atoms with E-state index in [-0.39, 0.29) is 24.8 Å². The molecule has 2 aliphatic heterocycles. The molecule has 38 heavy (non-hydrogen) atoms. The minimum absolute atomic E-state index is 0.0871. The Morgan fingerprint density at radius 2 is 1.97 bits per heavy atom. The van der Waals surface area contributed by atoms with Crippen molar-refractivity contribution in [2.45, 2.75) is 56.6 Å². The highest BCUT2D eigenvalue weighted by molar-refractivity contribution is 5.94. The second-order valence-corrected chi connectivity index (χ2v) is 10.1. The van der Waals surface area contributed by atoms with E-state index in [2.05, 4.69) is 39.4 Å². The average molecular weight is 536 g/mol. The van der Waals surface area contributed by atoms with Crippen LogP contribution in [0.25, 0.3) is 11.0 Å². The summed E-state index contributed by atoms with van der Waals surface area (Å²) in [6.45, 7) is 3.82. The van der Waals surface area contributed by atoms with Crippen LogP contribution in [0.4, 0.5) is 19.0 Å². The lowest BCUT2D eigenvalue weighted by Gasteiger charge is -2.43. The molecule has 0 unspecified atom stereocenters. The molecule has 0 radical (unpaired) electrons. The number of carbonyl (C=O) groups excluding carboxylic acids is 1. The number of nitrogens with zero attached hydrogens (tertiary/aromatic N) is 2. The fourth-order valence-corrected chi connectivity index (χ4v) is 4.83. The van der Waals surface area contributed by atoms with Gasteiger partial charge in [-0.05, 0) is 36.1 Å². The van der Waals surface area contributed by atoms with Crippen LogP contribution in [-0.4, -0.2) is 74.4 Å². The molecule has 4 heterocycles. The zero-order chi connectivity index (χ0) is 27.2. The van der Waals surface area contributed by atoms with Gasteiger partial charge in [-0.1, -0.05) is 32.0 Å². The summed E-state index contributed by atoms with van der Waals surface area (Å²) in [5.74, 6) is -0.210. The van der Waals surface area contributed by atoms with E-state index >= 15 is 0 Å². The van der Waals surface area contributed by atoms with Gasteiger partial charge in [0.05, 0.1) is 24.2 Å². The summed E-state index contributed by atoms with van der Waals surface area (Å²) in [6, 6.07) is 7.86. The van der Waals surface area contributed by atoms with E-state index in [9.17, 15) is 28.2 Å². The van der Waals surface area contributed by atoms with E-state index in [4.69, 9.17) is 9.47 Å². The Bertz CT molecular complexity index is 1330. The number of alkyl halides is 3. The summed E-state index contributed by atoms with van der Waals surface area (Å²) in [4.78, 5) is 23.9. The highest BCUT2D eigenvalue weighted by atomic mass is 19.4. The number of aliphatic hydroxyl groups excluding tert-OH is 2. The number of hydrogen-bond donors (Lipinski definition) is 5. The van der Waals surface area contributed by atoms with Crippen LogP contribution in [-0.2, 0) is 22.1 Å². The number of imidazole rings is 1. The molecule has 5 rings (SSSR count). The zero-order valence-electron chi connectivity index (χ0n) is 20.6. The number of ether oxygens (including phenoxy) is 2. The van der Waals surface area contributed by atoms with Crippen molar-refractivity contribution in [3.63, 3.8) is 0 Å². The molecule has 2 fully saturated rings. The topological polar surface area (TPSA) is 142 Å². The number of aliphatic hydroxyl groups is 2. The van der Waals surface area contributed by atoms with Crippen LogP contribution in [0.15, 0.2) is 36.4 Å². The van der Waals surface area contributed by atoms with Crippen LogP contribution in [0.2, 0.25) is 0 Å². The standard InChI is InChI=1S/C25H28F3N5O5/c1-12(2)9-13-5-3-6-14-17(13)33-21(30-14)22(36)29-10-24-11-37-23(38-24)18(19(34)20(24)35)32-16-8-4-7-15(31-16)25(26,27)28/h3-8,12,18-20,23,34-35H,9-11H2,1-2H3,(H,29,36)(H,30,33)(H,31,32)/t18-,19-,20-,23+,24+/m1/s1. The van der Waals surface area contributed by atoms with Crippen molar-refractivity contribution in [2.24, 2.45) is 5.92 Å². The van der Waals surface area contributed by atoms with Gasteiger partial charge in [-0.3, -0.25) is 4.79 Å². The molecular formula is C25H28F3N5O5. The predicted octanol–water partition coefficient (Wildman–Crippen LogP) is 2.23. The second-order valence-electron chi connectivity index (χ2n) is 10.1. The molecule has 2 bridgehead atoms. The Hall–Kier alpha value is -3.26. The highest BCUT2D eigenvalue weighted by Gasteiger charge is 2.59. The molecule has 5 atom stereocenters. The SMILES string of the molecule is CC(C)Cc1cccc2[nH]c(C(=O)NC[C@@]34CO[C@@H](O3)[C@H](Nc3cccc(C(F)(F)F)n3)[C@@H](O)[C@H]4O)nc12. The largest absolute Gasteiger partial charge is 0.433 e. The molecule has 13 heteroatoms. The quantitative estimate of drug-likeness (QED) is 0.310. The van der Waals surface area contributed by atoms with Crippen molar-refractivity contribution in [3.05, 3.63) is 53.5 Å². The van der Waals surface area contributed by atoms with Crippen molar-refractivity contribution >= 4 is 22.8 Å². The fraction of sp³-hybridized carbons (Fsp3) is 0.480. The molecule has 2 saturated heterocycles. The third-order valence-corrected chi connectivity index (χ3v) is 6.71. The molecule has 2 aliphatic rings. The van der Waals surface area contributed by atoms with Gasteiger partial charge >= 0.3 is 6.18 Å². The fourth-order valence-electron chi connectivity index (χ4n) is 4.83. The van der Waals surface area contributed by atoms with Gasteiger partial charge in [0, 0.05) is 0 Å². The first kappa shape index (κ1) is 26.4. The number of nitrogens with one attached hydrogen (secondary N) is 3. The van der Waals surface area contributed by atoms with Gasteiger partial charge in [-0.15, -0.1) is 0 Å². The number of para-hydroxylation sites is 1. The Labute approximate surface area is 215 Å². The minimum Gasteiger partial charge on any atom is -0.388 e. The van der Waals surface area contributed by atoms with Crippen LogP contribution in [0.3, 0.4) is 0 Å². The number of anilines is 1. The van der Waals surface area contributed by atoms with Crippen LogP contribution in [0.5, 0.6) is 0 Å². The number of H-pyrrole nitrogens is 1. The smallest absolute Gasteiger partial charge is 0.388 e. The molecule has 5 N–H and O–H groups in total. The van der Waals surface area contributed by atoms with E-state index in [0.717, 1.165) is 23.6 Å². The van der Waals surface area contributed by atoms with Crippen molar-refractivity contribution in [3.8, 4) is 0 Å². The van der Waals surface area contributed by atoms with Crippen molar-refractivity contribution in [1.29, 1.82) is 0 Å². The molecule has 0 aliphatic carbocycles. The summed E-state index contributed by atoms with van der Waals surface area (Å²) in [5.41, 5.74) is -0.136. The zero-order valence-corrected chi connectivity index (χ0v) is 20.6. The number of pyridine rings is 1. The summed E-state index contributed by atoms with van der Waals surface area (Å²) in [6.07, 6.45) is -7.97. The molecule has 3 aromatic rings. The number of fused-ring (bicyclic) bond motifs is 3. The average Bonchev–Trinajstić information content (AvgIpc) is 3.48. The Balaban J connectivity index is 1.27. The molecule has 204 valence electrons. The summed E-state index contributed by atoms with van der Waals surface area (Å²) in [7, 11) is 0. The number of amides is 1. The minimum atomic E-state index is -4.65. The van der Waals surface area contributed by atoms with Gasteiger partial charge in [0.2, 0.25) is 0 Å². The molecule has 2 aromatic heterocycles. The molecule has 10 nitrogen and oxygen atoms in total. The number of rotatable bonds is 7. The van der Waals surface area contributed by atoms with Crippen LogP contribution in [0.1, 0.15) is 35.7 Å². The maximum absolute atomic E-state index is 13.0. The predicted molar refractivity (Wildman–Crippen MR) is 129 cm³/mol. The first-order valence-electron chi connectivity index (χ1n) is 12.2. The molecule has 0 saturated carbocycles. The van der Waals surface area contributed by atoms with Crippen LogP contribution < -0.4 is 10.6 Å². The normalized spacial score (nSPS) is 27.2. The maximum Gasteiger partial charge on any atom is 0.433 e. The van der Waals surface area contributed by atoms with E-state index in [0.29, 0.717) is 11.4 Å². The van der Waals surface area contributed by atoms with Crippen molar-refractivity contribution in [2.75, 3.05) is 18.5 Å². The third-order valence-electron chi connectivity index (χ3n) is 6.71. The Morgan fingerprint density at radius 1 is 1.21 bits per heavy atom. The monoisotopic (exact) mass is 535 g/mol. The number of halogens is 3. The Kier molecular flexibility index (Phi) is 6.80. The summed E-state index contributed by atoms with van der Waals surface area (Å²) >= 11 is 0. The van der Waals surface area contributed by atoms with Gasteiger partial charge < -0.3 is 35.3 Å². The Morgan fingerprint density at radius 3 is 2.71 bits per heavy atom. The number of benzene rings is 1. The van der Waals surface area contributed by atoms with E-state index in [1.165, 1.54) is 12.1 Å². The van der Waals surface area contributed by atoms with Crippen LogP contribution in [0, 0.1) is 5.92 Å². The number of aromatic nitrogens is 3. The van der Waals surface area contributed by atoms with Gasteiger partial charge in [-0.25, -0.2) is 9.97 Å². The van der Waals surface area contributed by atoms with Crippen LogP contribution >= 0.6 is 0 Å². The number of hydrogen-bond acceptors (Lipinski definition) is 8. The highest BCUT2D eigenvalue weighted by Crippen LogP contribution is 2.38. The van der Waals surface area contributed by atoms with E-state index < -0.39 is 47.9 Å². The molecular weight excluding hydrogens is 507 g/mol. The lowest BCUT2D eigenvalue weighted by molar-refractivity contribution is -0.212. The van der Waals surface area contributed by atoms with E-state index in [1.807, 2.05) is 18.2 Å². The summed E-state index contributed by atoms with van der Waals surface area (Å²) in [5, 5.41) is 27.0. The van der Waals surface area contributed by atoms with Gasteiger partial charge in [0.15, 0.2) is 12.1 Å². The third kappa shape index (κ3) is 4.94. The molecule has 0 spiro atoms. The van der Waals surface area contributed by atoms with Gasteiger partial charge in [-0.2, -0.15) is 13.2 Å². The number of aromatic amines is 1. The van der Waals surface area contributed by atoms with Crippen molar-refractivity contribution in [1.82, 2.24) is 20.3 Å². The lowest BCUT2D eigenvalue weighted by Crippen LogP contribution is -2.66. The molecule has 1 amide bonds. The van der Waals surface area contributed by atoms with Crippen molar-refractivity contribution < 1.29 is 37.7 Å². The molecule has 1 aromatic carbocycles. The maximum atomic E-state index is 13.0. The van der Waals surface area contributed by atoms with Gasteiger partial charge in [0.1, 0.15) is 35.4 Å². The first-order chi connectivity index (χ1) is 18.0. The summed E-state index contributed by atoms with van der Waals surface area (Å²) < 4.78 is 50.5. The van der Waals surface area contributed by atoms with E-state index in [1.54, 1.807) is 0 Å². The second kappa shape index (κ2) is 9.80. The first-order valence-corrected chi connectivity index (χ1v) is 12.2.